The molecule has 0 aliphatic carbocycles. The fourth-order valence-electron chi connectivity index (χ4n) is 3.01. The Labute approximate surface area is 139 Å². The van der Waals surface area contributed by atoms with E-state index in [0.29, 0.717) is 24.0 Å². The highest BCUT2D eigenvalue weighted by molar-refractivity contribution is 5.96. The highest BCUT2D eigenvalue weighted by Gasteiger charge is 2.23. The van der Waals surface area contributed by atoms with E-state index in [1.165, 1.54) is 6.07 Å². The number of para-hydroxylation sites is 1. The number of likely N-dealkylation sites (tertiary alicyclic amines) is 1. The molecule has 1 aromatic heterocycles. The summed E-state index contributed by atoms with van der Waals surface area (Å²) in [6.07, 6.45) is 4.18. The molecule has 2 aromatic rings. The average Bonchev–Trinajstić information content (AvgIpc) is 2.77. The van der Waals surface area contributed by atoms with Gasteiger partial charge in [0.2, 0.25) is 5.76 Å². The Bertz CT molecular complexity index is 760. The molecule has 0 atom stereocenters. The molecule has 0 spiro atoms. The maximum atomic E-state index is 13.7. The second-order valence-electron chi connectivity index (χ2n) is 6.04. The van der Waals surface area contributed by atoms with Crippen molar-refractivity contribution in [2.75, 3.05) is 19.7 Å². The second kappa shape index (κ2) is 7.03. The van der Waals surface area contributed by atoms with Crippen molar-refractivity contribution in [1.82, 2.24) is 4.90 Å². The van der Waals surface area contributed by atoms with Crippen LogP contribution in [0.5, 0.6) is 0 Å². The van der Waals surface area contributed by atoms with Crippen molar-refractivity contribution in [3.63, 3.8) is 0 Å². The Hall–Kier alpha value is -2.37. The number of halogens is 1. The minimum absolute atomic E-state index is 0.0285. The van der Waals surface area contributed by atoms with Gasteiger partial charge >= 0.3 is 5.97 Å². The summed E-state index contributed by atoms with van der Waals surface area (Å²) in [4.78, 5) is 26.1. The van der Waals surface area contributed by atoms with Crippen molar-refractivity contribution in [3.8, 4) is 0 Å². The van der Waals surface area contributed by atoms with Crippen molar-refractivity contribution >= 4 is 22.8 Å². The number of rotatable bonds is 3. The molecule has 2 heterocycles. The van der Waals surface area contributed by atoms with Crippen molar-refractivity contribution in [2.24, 2.45) is 0 Å². The summed E-state index contributed by atoms with van der Waals surface area (Å²) in [7, 11) is 0. The molecular formula is C18H20FNO4. The van der Waals surface area contributed by atoms with Crippen molar-refractivity contribution in [1.29, 1.82) is 0 Å². The van der Waals surface area contributed by atoms with E-state index in [2.05, 4.69) is 0 Å². The highest BCUT2D eigenvalue weighted by Crippen LogP contribution is 2.27. The van der Waals surface area contributed by atoms with Crippen LogP contribution in [0.1, 0.15) is 41.8 Å². The first-order valence-corrected chi connectivity index (χ1v) is 8.20. The Morgan fingerprint density at radius 1 is 1.21 bits per heavy atom. The third kappa shape index (κ3) is 3.27. The van der Waals surface area contributed by atoms with Gasteiger partial charge in [-0.25, -0.2) is 9.18 Å². The van der Waals surface area contributed by atoms with E-state index >= 15 is 0 Å². The highest BCUT2D eigenvalue weighted by atomic mass is 19.1. The summed E-state index contributed by atoms with van der Waals surface area (Å²) >= 11 is 0. The SMILES string of the molecule is Cc1c(C(=O)OCC(=O)N2CCCCCC2)oc2c(F)cccc12. The third-order valence-electron chi connectivity index (χ3n) is 4.39. The molecule has 3 rings (SSSR count). The third-order valence-corrected chi connectivity index (χ3v) is 4.39. The fraction of sp³-hybridized carbons (Fsp3) is 0.444. The number of aryl methyl sites for hydroxylation is 1. The molecule has 1 fully saturated rings. The van der Waals surface area contributed by atoms with Crippen LogP contribution < -0.4 is 0 Å². The summed E-state index contributed by atoms with van der Waals surface area (Å²) in [6, 6.07) is 4.50. The number of carbonyl (C=O) groups is 2. The zero-order chi connectivity index (χ0) is 17.1. The molecule has 0 saturated carbocycles. The number of carbonyl (C=O) groups excluding carboxylic acids is 2. The van der Waals surface area contributed by atoms with Crippen LogP contribution in [0.4, 0.5) is 4.39 Å². The van der Waals surface area contributed by atoms with E-state index < -0.39 is 11.8 Å². The van der Waals surface area contributed by atoms with Gasteiger partial charge in [0, 0.05) is 24.0 Å². The molecule has 128 valence electrons. The van der Waals surface area contributed by atoms with E-state index in [4.69, 9.17) is 9.15 Å². The minimum Gasteiger partial charge on any atom is -0.450 e. The number of benzene rings is 1. The van der Waals surface area contributed by atoms with Gasteiger partial charge in [0.15, 0.2) is 18.0 Å². The standard InChI is InChI=1S/C18H20FNO4/c1-12-13-7-6-8-14(19)17(13)24-16(12)18(22)23-11-15(21)20-9-4-2-3-5-10-20/h6-8H,2-5,9-11H2,1H3. The molecule has 1 amide bonds. The zero-order valence-corrected chi connectivity index (χ0v) is 13.6. The molecule has 0 unspecified atom stereocenters. The lowest BCUT2D eigenvalue weighted by Crippen LogP contribution is -2.35. The normalized spacial score (nSPS) is 15.3. The molecule has 1 aliphatic rings. The smallest absolute Gasteiger partial charge is 0.375 e. The van der Waals surface area contributed by atoms with Gasteiger partial charge in [-0.1, -0.05) is 25.0 Å². The Morgan fingerprint density at radius 2 is 1.92 bits per heavy atom. The topological polar surface area (TPSA) is 59.8 Å². The summed E-state index contributed by atoms with van der Waals surface area (Å²) in [5, 5.41) is 0.529. The van der Waals surface area contributed by atoms with Crippen LogP contribution >= 0.6 is 0 Å². The van der Waals surface area contributed by atoms with Crippen molar-refractivity contribution in [2.45, 2.75) is 32.6 Å². The van der Waals surface area contributed by atoms with Gasteiger partial charge in [0.25, 0.3) is 5.91 Å². The molecule has 6 heteroatoms. The van der Waals surface area contributed by atoms with Crippen molar-refractivity contribution < 1.29 is 23.1 Å². The lowest BCUT2D eigenvalue weighted by atomic mass is 10.1. The molecule has 1 aromatic carbocycles. The molecule has 0 radical (unpaired) electrons. The average molecular weight is 333 g/mol. The molecular weight excluding hydrogens is 313 g/mol. The summed E-state index contributed by atoms with van der Waals surface area (Å²) in [5.74, 6) is -1.54. The molecule has 0 N–H and O–H groups in total. The van der Waals surface area contributed by atoms with E-state index in [-0.39, 0.29) is 23.9 Å². The number of fused-ring (bicyclic) bond motifs is 1. The Kier molecular flexibility index (Phi) is 4.83. The quantitative estimate of drug-likeness (QED) is 0.807. The van der Waals surface area contributed by atoms with Crippen LogP contribution in [-0.2, 0) is 9.53 Å². The number of nitrogens with zero attached hydrogens (tertiary/aromatic N) is 1. The first-order valence-electron chi connectivity index (χ1n) is 8.20. The molecule has 1 aliphatic heterocycles. The number of amides is 1. The first kappa shape index (κ1) is 16.5. The summed E-state index contributed by atoms with van der Waals surface area (Å²) in [5.41, 5.74) is 0.539. The van der Waals surface area contributed by atoms with Gasteiger partial charge in [-0.2, -0.15) is 0 Å². The van der Waals surface area contributed by atoms with Crippen LogP contribution in [-0.4, -0.2) is 36.5 Å². The maximum Gasteiger partial charge on any atom is 0.375 e. The second-order valence-corrected chi connectivity index (χ2v) is 6.04. The van der Waals surface area contributed by atoms with E-state index in [1.807, 2.05) is 0 Å². The number of ether oxygens (including phenoxy) is 1. The maximum absolute atomic E-state index is 13.7. The fourth-order valence-corrected chi connectivity index (χ4v) is 3.01. The van der Waals surface area contributed by atoms with E-state index in [9.17, 15) is 14.0 Å². The van der Waals surface area contributed by atoms with Crippen LogP contribution in [0.25, 0.3) is 11.0 Å². The summed E-state index contributed by atoms with van der Waals surface area (Å²) < 4.78 is 24.1. The number of furan rings is 1. The minimum atomic E-state index is -0.744. The van der Waals surface area contributed by atoms with Crippen molar-refractivity contribution in [3.05, 3.63) is 35.3 Å². The van der Waals surface area contributed by atoms with Crippen LogP contribution in [0, 0.1) is 12.7 Å². The molecule has 24 heavy (non-hydrogen) atoms. The van der Waals surface area contributed by atoms with Crippen LogP contribution in [0.15, 0.2) is 22.6 Å². The largest absolute Gasteiger partial charge is 0.450 e. The Morgan fingerprint density at radius 3 is 2.58 bits per heavy atom. The zero-order valence-electron chi connectivity index (χ0n) is 13.6. The molecule has 0 bridgehead atoms. The van der Waals surface area contributed by atoms with E-state index in [0.717, 1.165) is 25.7 Å². The van der Waals surface area contributed by atoms with Gasteiger partial charge in [-0.3, -0.25) is 4.79 Å². The summed E-state index contributed by atoms with van der Waals surface area (Å²) in [6.45, 7) is 2.74. The lowest BCUT2D eigenvalue weighted by Gasteiger charge is -2.19. The van der Waals surface area contributed by atoms with Gasteiger partial charge in [0.05, 0.1) is 0 Å². The predicted molar refractivity (Wildman–Crippen MR) is 86.2 cm³/mol. The predicted octanol–water partition coefficient (Wildman–Crippen LogP) is 3.44. The monoisotopic (exact) mass is 333 g/mol. The van der Waals surface area contributed by atoms with Crippen LogP contribution in [0.3, 0.4) is 0 Å². The number of hydrogen-bond acceptors (Lipinski definition) is 4. The molecule has 5 nitrogen and oxygen atoms in total. The van der Waals surface area contributed by atoms with E-state index in [1.54, 1.807) is 24.0 Å². The van der Waals surface area contributed by atoms with Gasteiger partial charge < -0.3 is 14.1 Å². The first-order chi connectivity index (χ1) is 11.6. The van der Waals surface area contributed by atoms with Gasteiger partial charge in [-0.15, -0.1) is 0 Å². The van der Waals surface area contributed by atoms with Gasteiger partial charge in [-0.05, 0) is 25.8 Å². The van der Waals surface area contributed by atoms with Gasteiger partial charge in [0.1, 0.15) is 0 Å². The Balaban J connectivity index is 1.68. The number of hydrogen-bond donors (Lipinski definition) is 0. The molecule has 1 saturated heterocycles. The van der Waals surface area contributed by atoms with Crippen LogP contribution in [0.2, 0.25) is 0 Å². The lowest BCUT2D eigenvalue weighted by molar-refractivity contribution is -0.134. The number of esters is 1.